The fourth-order valence-electron chi connectivity index (χ4n) is 1.91. The second-order valence-corrected chi connectivity index (χ2v) is 5.46. The van der Waals surface area contributed by atoms with Crippen LogP contribution in [-0.2, 0) is 6.54 Å². The number of rotatable bonds is 6. The van der Waals surface area contributed by atoms with E-state index in [1.165, 1.54) is 0 Å². The Balaban J connectivity index is 2.13. The van der Waals surface area contributed by atoms with E-state index in [-0.39, 0.29) is 0 Å². The lowest BCUT2D eigenvalue weighted by Crippen LogP contribution is -2.04. The van der Waals surface area contributed by atoms with E-state index < -0.39 is 0 Å². The van der Waals surface area contributed by atoms with Crippen molar-refractivity contribution in [3.8, 4) is 5.75 Å². The molecule has 0 amide bonds. The lowest BCUT2D eigenvalue weighted by atomic mass is 10.2. The van der Waals surface area contributed by atoms with Gasteiger partial charge in [0.05, 0.1) is 10.7 Å². The van der Waals surface area contributed by atoms with Crippen molar-refractivity contribution in [2.45, 2.75) is 13.5 Å². The van der Waals surface area contributed by atoms with E-state index in [9.17, 15) is 0 Å². The summed E-state index contributed by atoms with van der Waals surface area (Å²) < 4.78 is 5.63. The molecule has 1 N–H and O–H groups in total. The van der Waals surface area contributed by atoms with E-state index in [0.717, 1.165) is 22.6 Å². The van der Waals surface area contributed by atoms with Crippen LogP contribution in [0.4, 0.5) is 5.69 Å². The van der Waals surface area contributed by atoms with E-state index in [1.54, 1.807) is 6.08 Å². The van der Waals surface area contributed by atoms with Crippen molar-refractivity contribution in [3.63, 3.8) is 0 Å². The highest BCUT2D eigenvalue weighted by Crippen LogP contribution is 2.29. The molecule has 110 valence electrons. The zero-order valence-electron chi connectivity index (χ0n) is 11.8. The maximum atomic E-state index is 6.23. The number of halogens is 2. The maximum absolute atomic E-state index is 6.23. The first-order valence-electron chi connectivity index (χ1n) is 6.63. The third-order valence-corrected chi connectivity index (χ3v) is 3.77. The van der Waals surface area contributed by atoms with E-state index >= 15 is 0 Å². The number of aryl methyl sites for hydroxylation is 1. The Bertz CT molecular complexity index is 641. The molecule has 0 aliphatic heterocycles. The lowest BCUT2D eigenvalue weighted by Gasteiger charge is -2.13. The second kappa shape index (κ2) is 7.39. The SMILES string of the molecule is C=CCOc1ccccc1CNc1cc(Cl)c(C)cc1Cl. The van der Waals surface area contributed by atoms with Crippen LogP contribution in [0.2, 0.25) is 10.0 Å². The average Bonchev–Trinajstić information content (AvgIpc) is 2.48. The van der Waals surface area contributed by atoms with Crippen LogP contribution in [0.15, 0.2) is 49.1 Å². The highest BCUT2D eigenvalue weighted by molar-refractivity contribution is 6.35. The van der Waals surface area contributed by atoms with Crippen LogP contribution < -0.4 is 10.1 Å². The highest BCUT2D eigenvalue weighted by atomic mass is 35.5. The molecule has 0 radical (unpaired) electrons. The van der Waals surface area contributed by atoms with Gasteiger partial charge in [0.2, 0.25) is 0 Å². The Hall–Kier alpha value is -1.64. The van der Waals surface area contributed by atoms with Crippen molar-refractivity contribution in [2.75, 3.05) is 11.9 Å². The molecule has 2 aromatic rings. The van der Waals surface area contributed by atoms with Gasteiger partial charge in [-0.05, 0) is 30.7 Å². The molecule has 0 unspecified atom stereocenters. The Morgan fingerprint density at radius 1 is 1.19 bits per heavy atom. The minimum atomic E-state index is 0.480. The van der Waals surface area contributed by atoms with Crippen molar-refractivity contribution in [1.82, 2.24) is 0 Å². The summed E-state index contributed by atoms with van der Waals surface area (Å²) in [5, 5.41) is 4.64. The van der Waals surface area contributed by atoms with Gasteiger partial charge in [0, 0.05) is 17.1 Å². The van der Waals surface area contributed by atoms with Gasteiger partial charge in [-0.2, -0.15) is 0 Å². The molecule has 2 aromatic carbocycles. The lowest BCUT2D eigenvalue weighted by molar-refractivity contribution is 0.359. The van der Waals surface area contributed by atoms with E-state index in [4.69, 9.17) is 27.9 Å². The molecular formula is C17H17Cl2NO. The highest BCUT2D eigenvalue weighted by Gasteiger charge is 2.06. The zero-order chi connectivity index (χ0) is 15.2. The first kappa shape index (κ1) is 15.7. The van der Waals surface area contributed by atoms with Crippen LogP contribution in [0, 0.1) is 6.92 Å². The Kier molecular flexibility index (Phi) is 5.54. The van der Waals surface area contributed by atoms with Gasteiger partial charge in [-0.1, -0.05) is 54.1 Å². The topological polar surface area (TPSA) is 21.3 Å². The molecule has 0 atom stereocenters. The van der Waals surface area contributed by atoms with Crippen LogP contribution in [0.3, 0.4) is 0 Å². The first-order chi connectivity index (χ1) is 10.1. The minimum absolute atomic E-state index is 0.480. The fourth-order valence-corrected chi connectivity index (χ4v) is 2.36. The quantitative estimate of drug-likeness (QED) is 0.711. The molecule has 2 nitrogen and oxygen atoms in total. The van der Waals surface area contributed by atoms with Crippen LogP contribution in [0.25, 0.3) is 0 Å². The molecule has 0 fully saturated rings. The van der Waals surface area contributed by atoms with Crippen LogP contribution in [-0.4, -0.2) is 6.61 Å². The van der Waals surface area contributed by atoms with Crippen molar-refractivity contribution in [2.24, 2.45) is 0 Å². The molecule has 0 aliphatic carbocycles. The standard InChI is InChI=1S/C17H17Cl2NO/c1-3-8-21-17-7-5-4-6-13(17)11-20-16-10-14(18)12(2)9-15(16)19/h3-7,9-10,20H,1,8,11H2,2H3. The van der Waals surface area contributed by atoms with E-state index in [0.29, 0.717) is 23.2 Å². The molecule has 0 heterocycles. The number of hydrogen-bond acceptors (Lipinski definition) is 2. The smallest absolute Gasteiger partial charge is 0.124 e. The summed E-state index contributed by atoms with van der Waals surface area (Å²) in [5.74, 6) is 0.833. The molecule has 4 heteroatoms. The number of benzene rings is 2. The van der Waals surface area contributed by atoms with Crippen LogP contribution in [0.1, 0.15) is 11.1 Å². The molecular weight excluding hydrogens is 305 g/mol. The van der Waals surface area contributed by atoms with Crippen molar-refractivity contribution in [1.29, 1.82) is 0 Å². The summed E-state index contributed by atoms with van der Waals surface area (Å²) >= 11 is 12.4. The normalized spacial score (nSPS) is 10.2. The molecule has 0 aromatic heterocycles. The first-order valence-corrected chi connectivity index (χ1v) is 7.38. The molecule has 21 heavy (non-hydrogen) atoms. The number of hydrogen-bond donors (Lipinski definition) is 1. The number of anilines is 1. The summed E-state index contributed by atoms with van der Waals surface area (Å²) in [6.45, 7) is 6.67. The van der Waals surface area contributed by atoms with Gasteiger partial charge in [0.15, 0.2) is 0 Å². The summed E-state index contributed by atoms with van der Waals surface area (Å²) in [7, 11) is 0. The molecule has 0 saturated carbocycles. The van der Waals surface area contributed by atoms with Gasteiger partial charge in [-0.3, -0.25) is 0 Å². The summed E-state index contributed by atoms with van der Waals surface area (Å²) in [5.41, 5.74) is 2.82. The minimum Gasteiger partial charge on any atom is -0.489 e. The Morgan fingerprint density at radius 3 is 2.71 bits per heavy atom. The molecule has 0 spiro atoms. The largest absolute Gasteiger partial charge is 0.489 e. The summed E-state index contributed by atoms with van der Waals surface area (Å²) in [4.78, 5) is 0. The van der Waals surface area contributed by atoms with Gasteiger partial charge in [-0.25, -0.2) is 0 Å². The van der Waals surface area contributed by atoms with Crippen LogP contribution >= 0.6 is 23.2 Å². The van der Waals surface area contributed by atoms with Crippen LogP contribution in [0.5, 0.6) is 5.75 Å². The fraction of sp³-hybridized carbons (Fsp3) is 0.176. The van der Waals surface area contributed by atoms with Gasteiger partial charge >= 0.3 is 0 Å². The van der Waals surface area contributed by atoms with Crippen molar-refractivity contribution >= 4 is 28.9 Å². The Labute approximate surface area is 135 Å². The van der Waals surface area contributed by atoms with E-state index in [2.05, 4.69) is 11.9 Å². The van der Waals surface area contributed by atoms with Gasteiger partial charge in [0.25, 0.3) is 0 Å². The number of para-hydroxylation sites is 1. The Morgan fingerprint density at radius 2 is 1.95 bits per heavy atom. The van der Waals surface area contributed by atoms with E-state index in [1.807, 2.05) is 43.3 Å². The van der Waals surface area contributed by atoms with Crippen molar-refractivity contribution in [3.05, 3.63) is 70.2 Å². The number of nitrogens with one attached hydrogen (secondary N) is 1. The molecule has 0 aliphatic rings. The monoisotopic (exact) mass is 321 g/mol. The number of ether oxygens (including phenoxy) is 1. The summed E-state index contributed by atoms with van der Waals surface area (Å²) in [6, 6.07) is 11.6. The predicted molar refractivity (Wildman–Crippen MR) is 90.7 cm³/mol. The second-order valence-electron chi connectivity index (χ2n) is 4.64. The molecule has 2 rings (SSSR count). The third kappa shape index (κ3) is 4.16. The molecule has 0 bridgehead atoms. The zero-order valence-corrected chi connectivity index (χ0v) is 13.3. The average molecular weight is 322 g/mol. The maximum Gasteiger partial charge on any atom is 0.124 e. The third-order valence-electron chi connectivity index (χ3n) is 3.05. The van der Waals surface area contributed by atoms with Gasteiger partial charge in [-0.15, -0.1) is 0 Å². The van der Waals surface area contributed by atoms with Gasteiger partial charge < -0.3 is 10.1 Å². The molecule has 0 saturated heterocycles. The van der Waals surface area contributed by atoms with Gasteiger partial charge in [0.1, 0.15) is 12.4 Å². The predicted octanol–water partition coefficient (Wildman–Crippen LogP) is 5.48. The summed E-state index contributed by atoms with van der Waals surface area (Å²) in [6.07, 6.45) is 1.72. The van der Waals surface area contributed by atoms with Crippen molar-refractivity contribution < 1.29 is 4.74 Å².